The molecule has 23 nitrogen and oxygen atoms in total. The number of ether oxygens (including phenoxy) is 5. The van der Waals surface area contributed by atoms with Crippen LogP contribution in [0, 0.1) is 23.7 Å². The third-order valence-electron chi connectivity index (χ3n) is 9.94. The van der Waals surface area contributed by atoms with Crippen LogP contribution in [0.25, 0.3) is 11.6 Å². The smallest absolute Gasteiger partial charge is 0.344 e. The van der Waals surface area contributed by atoms with Gasteiger partial charge in [0.2, 0.25) is 0 Å². The molecule has 0 bridgehead atoms. The fourth-order valence-electron chi connectivity index (χ4n) is 6.89. The molecule has 0 aliphatic carbocycles. The molecule has 75 heavy (non-hydrogen) atoms. The van der Waals surface area contributed by atoms with Gasteiger partial charge in [0, 0.05) is 70.2 Å². The van der Waals surface area contributed by atoms with E-state index in [1.807, 2.05) is 0 Å². The van der Waals surface area contributed by atoms with Gasteiger partial charge >= 0.3 is 38.5 Å². The molecule has 27 heteroatoms. The maximum absolute atomic E-state index is 13.9. The number of aromatic nitrogens is 5. The van der Waals surface area contributed by atoms with Crippen LogP contribution in [0.4, 0.5) is 0 Å². The molecular weight excluding hydrogens is 1050 g/mol. The van der Waals surface area contributed by atoms with E-state index in [0.29, 0.717) is 96.7 Å². The van der Waals surface area contributed by atoms with E-state index in [2.05, 4.69) is 23.7 Å². The molecule has 0 unspecified atom stereocenters. The number of benzene rings is 1. The maximum atomic E-state index is 13.9. The van der Waals surface area contributed by atoms with Crippen molar-refractivity contribution >= 4 is 38.5 Å². The fraction of sp³-hybridized carbons (Fsp3) is 0.542. The van der Waals surface area contributed by atoms with Crippen molar-refractivity contribution in [2.45, 2.75) is 73.4 Å². The Labute approximate surface area is 442 Å². The number of pyridine rings is 1. The van der Waals surface area contributed by atoms with Crippen LogP contribution in [0.15, 0.2) is 48.8 Å². The average molecular weight is 1120 g/mol. The zero-order valence-corrected chi connectivity index (χ0v) is 47.1. The molecule has 0 aliphatic heterocycles. The fourth-order valence-corrected chi connectivity index (χ4v) is 10.9. The highest BCUT2D eigenvalue weighted by atomic mass is 31.2. The maximum Gasteiger partial charge on any atom is 0.344 e. The lowest BCUT2D eigenvalue weighted by Gasteiger charge is -2.29. The quantitative estimate of drug-likeness (QED) is 0.0135. The molecule has 0 saturated carbocycles. The van der Waals surface area contributed by atoms with Crippen molar-refractivity contribution in [3.63, 3.8) is 0 Å². The summed E-state index contributed by atoms with van der Waals surface area (Å²) in [6.45, 7) is 10.5. The van der Waals surface area contributed by atoms with Gasteiger partial charge in [0.25, 0.3) is 0 Å². The third-order valence-corrected chi connectivity index (χ3v) is 14.5. The average Bonchev–Trinajstić information content (AvgIpc) is 4.06. The second-order valence-electron chi connectivity index (χ2n) is 15.7. The van der Waals surface area contributed by atoms with E-state index >= 15 is 0 Å². The first kappa shape index (κ1) is 62.8. The van der Waals surface area contributed by atoms with E-state index in [-0.39, 0.29) is 84.7 Å². The number of unbranched alkanes of at least 4 members (excludes halogenated alkanes) is 2. The van der Waals surface area contributed by atoms with Gasteiger partial charge in [-0.1, -0.05) is 23.7 Å². The first-order chi connectivity index (χ1) is 36.4. The van der Waals surface area contributed by atoms with Gasteiger partial charge < -0.3 is 41.8 Å². The Hall–Kier alpha value is -4.76. The SMILES string of the molecule is CCOC(=O)CCCCC#Cc1cc(OCCOC)c(C#Cc2cc(-n3ccc(CN(COP=O)COP=O)n3)nc(-n3ccc(CN(CP(=O)(OCC)OCC)CP(=O)(OCC)OCC)n3)c2)cc1OCCOC. The summed E-state index contributed by atoms with van der Waals surface area (Å²) in [5, 5.41) is 9.58. The van der Waals surface area contributed by atoms with Crippen molar-refractivity contribution in [1.82, 2.24) is 34.3 Å². The first-order valence-corrected chi connectivity index (χ1v) is 29.1. The number of carbonyl (C=O) groups excluding carboxylic acids is 1. The number of hydrogen-bond donors (Lipinski definition) is 0. The van der Waals surface area contributed by atoms with Crippen LogP contribution in [0.5, 0.6) is 11.5 Å². The summed E-state index contributed by atoms with van der Waals surface area (Å²) in [6, 6.07) is 10.5. The molecule has 0 spiro atoms. The van der Waals surface area contributed by atoms with E-state index < -0.39 is 32.6 Å². The first-order valence-electron chi connectivity index (χ1n) is 24.2. The highest BCUT2D eigenvalue weighted by molar-refractivity contribution is 7.54. The van der Waals surface area contributed by atoms with Crippen molar-refractivity contribution in [3.8, 4) is 46.8 Å². The van der Waals surface area contributed by atoms with Crippen molar-refractivity contribution < 1.29 is 73.9 Å². The summed E-state index contributed by atoms with van der Waals surface area (Å²) in [7, 11) is -5.32. The van der Waals surface area contributed by atoms with Crippen LogP contribution in [-0.2, 0) is 77.5 Å². The summed E-state index contributed by atoms with van der Waals surface area (Å²) in [5.74, 6) is 14.3. The number of hydrogen-bond acceptors (Lipinski definition) is 21. The molecule has 0 fully saturated rings. The van der Waals surface area contributed by atoms with Crippen LogP contribution in [0.2, 0.25) is 0 Å². The minimum absolute atomic E-state index is 0.0360. The number of rotatable bonds is 37. The lowest BCUT2D eigenvalue weighted by molar-refractivity contribution is -0.143. The molecule has 410 valence electrons. The molecule has 3 aromatic heterocycles. The molecular formula is C48H67N7O16P4. The second-order valence-corrected chi connectivity index (χ2v) is 20.5. The van der Waals surface area contributed by atoms with Crippen LogP contribution < -0.4 is 9.47 Å². The Kier molecular flexibility index (Phi) is 29.1. The minimum atomic E-state index is -3.70. The summed E-state index contributed by atoms with van der Waals surface area (Å²) in [4.78, 5) is 20.0. The number of carbonyl (C=O) groups is 1. The lowest BCUT2D eigenvalue weighted by Crippen LogP contribution is -2.28. The molecule has 0 saturated heterocycles. The van der Waals surface area contributed by atoms with E-state index in [1.165, 1.54) is 9.36 Å². The number of esters is 1. The normalized spacial score (nSPS) is 11.7. The molecule has 0 N–H and O–H groups in total. The van der Waals surface area contributed by atoms with Crippen LogP contribution in [0.1, 0.15) is 88.4 Å². The Balaban J connectivity index is 1.84. The van der Waals surface area contributed by atoms with E-state index in [4.69, 9.17) is 66.0 Å². The van der Waals surface area contributed by atoms with Gasteiger partial charge in [-0.3, -0.25) is 27.9 Å². The van der Waals surface area contributed by atoms with Crippen LogP contribution >= 0.6 is 32.6 Å². The standard InChI is InChI=1S/C48H67N7O16P4/c1-8-63-48(56)18-16-14-13-15-17-40-31-45(65-28-26-62-7)41(32-44(40)64-27-25-61-6)20-19-39-29-46(54-23-21-42(50-54)33-52(35-66-72-57)36-67-73-58)49-47(30-39)55-24-22-43(51-55)34-53(37-74(59,68-9-2)69-10-3)38-75(60,70-11-4)71-12-5/h21-24,29-32H,8-14,16,18,25-28,33-38H2,1-7H3. The van der Waals surface area contributed by atoms with Crippen molar-refractivity contribution in [3.05, 3.63) is 76.9 Å². The second kappa shape index (κ2) is 34.8. The summed E-state index contributed by atoms with van der Waals surface area (Å²) >= 11 is 0. The number of nitrogens with zero attached hydrogens (tertiary/aromatic N) is 7. The van der Waals surface area contributed by atoms with Gasteiger partial charge in [0.05, 0.1) is 68.8 Å². The molecule has 0 atom stereocenters. The zero-order valence-electron chi connectivity index (χ0n) is 43.5. The molecule has 4 rings (SSSR count). The Morgan fingerprint density at radius 3 is 1.60 bits per heavy atom. The third kappa shape index (κ3) is 22.4. The molecule has 3 heterocycles. The van der Waals surface area contributed by atoms with Gasteiger partial charge in [-0.25, -0.2) is 28.4 Å². The van der Waals surface area contributed by atoms with Gasteiger partial charge in [0.1, 0.15) is 50.7 Å². The minimum Gasteiger partial charge on any atom is -0.490 e. The Morgan fingerprint density at radius 1 is 0.640 bits per heavy atom. The summed E-state index contributed by atoms with van der Waals surface area (Å²) in [6.07, 6.45) is 5.12. The van der Waals surface area contributed by atoms with Crippen molar-refractivity contribution in [2.24, 2.45) is 0 Å². The molecule has 4 aromatic rings. The van der Waals surface area contributed by atoms with Crippen LogP contribution in [-0.4, -0.2) is 140 Å². The van der Waals surface area contributed by atoms with Crippen LogP contribution in [0.3, 0.4) is 0 Å². The Bertz CT molecular complexity index is 2570. The predicted molar refractivity (Wildman–Crippen MR) is 277 cm³/mol. The summed E-state index contributed by atoms with van der Waals surface area (Å²) < 4.78 is 113. The van der Waals surface area contributed by atoms with Crippen molar-refractivity contribution in [1.29, 1.82) is 0 Å². The molecule has 0 radical (unpaired) electrons. The highest BCUT2D eigenvalue weighted by Gasteiger charge is 2.34. The number of methoxy groups -OCH3 is 2. The van der Waals surface area contributed by atoms with Gasteiger partial charge in [0.15, 0.2) is 11.6 Å². The van der Waals surface area contributed by atoms with Gasteiger partial charge in [-0.15, -0.1) is 0 Å². The summed E-state index contributed by atoms with van der Waals surface area (Å²) in [5.41, 5.74) is 2.56. The molecule has 0 aliphatic rings. The highest BCUT2D eigenvalue weighted by Crippen LogP contribution is 2.53. The Morgan fingerprint density at radius 2 is 1.13 bits per heavy atom. The lowest BCUT2D eigenvalue weighted by atomic mass is 10.1. The van der Waals surface area contributed by atoms with Gasteiger partial charge in [-0.05, 0) is 71.7 Å². The van der Waals surface area contributed by atoms with E-state index in [0.717, 1.165) is 0 Å². The predicted octanol–water partition coefficient (Wildman–Crippen LogP) is 8.79. The molecule has 0 amide bonds. The topological polar surface area (TPSA) is 242 Å². The molecule has 1 aromatic carbocycles. The van der Waals surface area contributed by atoms with E-state index in [9.17, 15) is 23.1 Å². The monoisotopic (exact) mass is 1120 g/mol. The van der Waals surface area contributed by atoms with Crippen molar-refractivity contribution in [2.75, 3.05) is 99.7 Å². The van der Waals surface area contributed by atoms with Gasteiger partial charge in [-0.2, -0.15) is 10.2 Å². The van der Waals surface area contributed by atoms with E-state index in [1.54, 1.807) is 107 Å². The largest absolute Gasteiger partial charge is 0.490 e. The zero-order chi connectivity index (χ0) is 54.3.